The first-order valence-electron chi connectivity index (χ1n) is 14.6. The van der Waals surface area contributed by atoms with E-state index in [4.69, 9.17) is 30.2 Å². The van der Waals surface area contributed by atoms with Crippen molar-refractivity contribution in [3.8, 4) is 39.9 Å². The molecule has 0 fully saturated rings. The molecule has 2 aliphatic rings. The number of ether oxygens (including phenoxy) is 3. The first kappa shape index (κ1) is 26.4. The summed E-state index contributed by atoms with van der Waals surface area (Å²) in [5.74, 6) is 3.37. The number of fused-ring (bicyclic) bond motifs is 3. The molecule has 0 unspecified atom stereocenters. The minimum Gasteiger partial charge on any atom is -0.480 e. The SMILES string of the molecule is Clc1cccc(-c2oc(-c3ccccc3)c3c2[C@@H](c2ccccc2)Oc2cc4c(cc2[C@@H]3/C=C/c2ccccc2)OCO4)c1. The predicted octanol–water partition coefficient (Wildman–Crippen LogP) is 10.3. The van der Waals surface area contributed by atoms with Crippen molar-refractivity contribution in [1.82, 2.24) is 0 Å². The summed E-state index contributed by atoms with van der Waals surface area (Å²) in [5, 5.41) is 0.634. The highest BCUT2D eigenvalue weighted by Gasteiger charge is 2.39. The highest BCUT2D eigenvalue weighted by atomic mass is 35.5. The van der Waals surface area contributed by atoms with Crippen LogP contribution in [0.25, 0.3) is 28.7 Å². The van der Waals surface area contributed by atoms with E-state index in [9.17, 15) is 0 Å². The Morgan fingerprint density at radius 1 is 0.614 bits per heavy atom. The lowest BCUT2D eigenvalue weighted by Gasteiger charge is -2.20. The maximum atomic E-state index is 7.06. The van der Waals surface area contributed by atoms with E-state index in [2.05, 4.69) is 54.6 Å². The third kappa shape index (κ3) is 4.74. The summed E-state index contributed by atoms with van der Waals surface area (Å²) >= 11 is 6.55. The highest BCUT2D eigenvalue weighted by molar-refractivity contribution is 6.30. The fourth-order valence-corrected chi connectivity index (χ4v) is 6.32. The second kappa shape index (κ2) is 11.1. The number of allylic oxidation sites excluding steroid dienone is 1. The van der Waals surface area contributed by atoms with Gasteiger partial charge in [-0.25, -0.2) is 0 Å². The Balaban J connectivity index is 1.47. The molecule has 0 saturated heterocycles. The van der Waals surface area contributed by atoms with Crippen LogP contribution < -0.4 is 14.2 Å². The lowest BCUT2D eigenvalue weighted by atomic mass is 9.83. The Kier molecular flexibility index (Phi) is 6.69. The molecule has 4 nitrogen and oxygen atoms in total. The van der Waals surface area contributed by atoms with Gasteiger partial charge in [0.15, 0.2) is 17.6 Å². The minimum atomic E-state index is -0.476. The van der Waals surface area contributed by atoms with Gasteiger partial charge < -0.3 is 18.6 Å². The van der Waals surface area contributed by atoms with Crippen molar-refractivity contribution in [3.05, 3.63) is 166 Å². The number of rotatable bonds is 5. The van der Waals surface area contributed by atoms with Crippen LogP contribution in [0.4, 0.5) is 0 Å². The van der Waals surface area contributed by atoms with Crippen LogP contribution in [0, 0.1) is 0 Å². The van der Waals surface area contributed by atoms with E-state index < -0.39 is 6.10 Å². The summed E-state index contributed by atoms with van der Waals surface area (Å²) in [6.45, 7) is 0.177. The Bertz CT molecular complexity index is 1980. The van der Waals surface area contributed by atoms with E-state index in [0.29, 0.717) is 16.5 Å². The van der Waals surface area contributed by atoms with E-state index in [-0.39, 0.29) is 12.7 Å². The van der Waals surface area contributed by atoms with Crippen molar-refractivity contribution in [3.63, 3.8) is 0 Å². The summed E-state index contributed by atoms with van der Waals surface area (Å²) in [4.78, 5) is 0. The van der Waals surface area contributed by atoms with Crippen LogP contribution in [0.5, 0.6) is 17.2 Å². The molecule has 0 N–H and O–H groups in total. The van der Waals surface area contributed by atoms with Gasteiger partial charge in [0, 0.05) is 44.8 Å². The minimum absolute atomic E-state index is 0.177. The zero-order valence-corrected chi connectivity index (χ0v) is 24.4. The molecule has 5 aromatic carbocycles. The molecular formula is C39H27ClO4. The predicted molar refractivity (Wildman–Crippen MR) is 173 cm³/mol. The molecule has 0 radical (unpaired) electrons. The summed E-state index contributed by atoms with van der Waals surface area (Å²) in [6, 6.07) is 42.7. The fourth-order valence-electron chi connectivity index (χ4n) is 6.13. The molecule has 1 aromatic heterocycles. The lowest BCUT2D eigenvalue weighted by molar-refractivity contribution is 0.173. The smallest absolute Gasteiger partial charge is 0.231 e. The van der Waals surface area contributed by atoms with Crippen LogP contribution in [0.2, 0.25) is 5.02 Å². The largest absolute Gasteiger partial charge is 0.480 e. The van der Waals surface area contributed by atoms with Crippen molar-refractivity contribution in [2.75, 3.05) is 6.79 Å². The molecule has 0 bridgehead atoms. The molecule has 2 aliphatic heterocycles. The first-order chi connectivity index (χ1) is 21.7. The van der Waals surface area contributed by atoms with Gasteiger partial charge in [0.1, 0.15) is 17.3 Å². The molecule has 44 heavy (non-hydrogen) atoms. The second-order valence-corrected chi connectivity index (χ2v) is 11.3. The molecule has 8 rings (SSSR count). The average Bonchev–Trinajstić information content (AvgIpc) is 3.67. The standard InChI is InChI=1S/C39H27ClO4/c40-29-18-10-17-28(21-29)39-36-35(37(44-39)26-13-6-2-7-14-26)30(20-19-25-11-4-1-5-12-25)31-22-33-34(42-24-41-33)23-32(31)43-38(36)27-15-8-3-9-16-27/h1-23,30,38H,24H2/b20-19+/t30-,38+/m0/s1. The molecule has 3 heterocycles. The molecule has 2 atom stereocenters. The van der Waals surface area contributed by atoms with Gasteiger partial charge in [0.2, 0.25) is 6.79 Å². The number of halogens is 1. The van der Waals surface area contributed by atoms with E-state index in [1.54, 1.807) is 0 Å². The van der Waals surface area contributed by atoms with Gasteiger partial charge in [0.05, 0.1) is 0 Å². The van der Waals surface area contributed by atoms with Crippen LogP contribution >= 0.6 is 11.6 Å². The Labute approximate surface area is 260 Å². The van der Waals surface area contributed by atoms with Gasteiger partial charge in [-0.3, -0.25) is 0 Å². The third-order valence-corrected chi connectivity index (χ3v) is 8.38. The van der Waals surface area contributed by atoms with Crippen molar-refractivity contribution in [2.24, 2.45) is 0 Å². The van der Waals surface area contributed by atoms with Gasteiger partial charge in [0.25, 0.3) is 0 Å². The average molecular weight is 595 g/mol. The fraction of sp³-hybridized carbons (Fsp3) is 0.0769. The van der Waals surface area contributed by atoms with Crippen LogP contribution in [-0.2, 0) is 0 Å². The monoisotopic (exact) mass is 594 g/mol. The van der Waals surface area contributed by atoms with Gasteiger partial charge in [-0.1, -0.05) is 127 Å². The Hall–Kier alpha value is -5.19. The third-order valence-electron chi connectivity index (χ3n) is 8.15. The Morgan fingerprint density at radius 2 is 1.27 bits per heavy atom. The molecular weight excluding hydrogens is 568 g/mol. The zero-order valence-electron chi connectivity index (χ0n) is 23.7. The first-order valence-corrected chi connectivity index (χ1v) is 15.0. The van der Waals surface area contributed by atoms with Crippen molar-refractivity contribution in [1.29, 1.82) is 0 Å². The summed E-state index contributed by atoms with van der Waals surface area (Å²) in [5.41, 5.74) is 6.92. The topological polar surface area (TPSA) is 40.8 Å². The molecule has 0 spiro atoms. The van der Waals surface area contributed by atoms with E-state index in [1.165, 1.54) is 0 Å². The normalized spacial score (nSPS) is 16.7. The van der Waals surface area contributed by atoms with Crippen molar-refractivity contribution in [2.45, 2.75) is 12.0 Å². The number of furan rings is 1. The maximum Gasteiger partial charge on any atom is 0.231 e. The van der Waals surface area contributed by atoms with E-state index in [1.807, 2.05) is 84.9 Å². The molecule has 0 saturated carbocycles. The van der Waals surface area contributed by atoms with E-state index >= 15 is 0 Å². The van der Waals surface area contributed by atoms with Gasteiger partial charge in [-0.15, -0.1) is 0 Å². The molecule has 6 aromatic rings. The number of benzene rings is 5. The lowest BCUT2D eigenvalue weighted by Crippen LogP contribution is -2.10. The van der Waals surface area contributed by atoms with Crippen molar-refractivity contribution < 1.29 is 18.6 Å². The summed E-state index contributed by atoms with van der Waals surface area (Å²) < 4.78 is 25.7. The van der Waals surface area contributed by atoms with Crippen LogP contribution in [0.1, 0.15) is 39.8 Å². The second-order valence-electron chi connectivity index (χ2n) is 10.9. The molecule has 0 amide bonds. The van der Waals surface area contributed by atoms with Crippen LogP contribution in [0.15, 0.2) is 138 Å². The Morgan fingerprint density at radius 3 is 2.02 bits per heavy atom. The summed E-state index contributed by atoms with van der Waals surface area (Å²) in [6.07, 6.45) is 3.91. The number of hydrogen-bond donors (Lipinski definition) is 0. The van der Waals surface area contributed by atoms with Gasteiger partial charge >= 0.3 is 0 Å². The quantitative estimate of drug-likeness (QED) is 0.199. The maximum absolute atomic E-state index is 7.06. The number of hydrogen-bond acceptors (Lipinski definition) is 4. The summed E-state index contributed by atoms with van der Waals surface area (Å²) in [7, 11) is 0. The van der Waals surface area contributed by atoms with E-state index in [0.717, 1.165) is 56.2 Å². The molecule has 0 aliphatic carbocycles. The molecule has 214 valence electrons. The zero-order chi connectivity index (χ0) is 29.5. The van der Waals surface area contributed by atoms with Crippen molar-refractivity contribution >= 4 is 17.7 Å². The van der Waals surface area contributed by atoms with Gasteiger partial charge in [-0.2, -0.15) is 0 Å². The van der Waals surface area contributed by atoms with Crippen LogP contribution in [-0.4, -0.2) is 6.79 Å². The molecule has 5 heteroatoms. The highest BCUT2D eigenvalue weighted by Crippen LogP contribution is 2.54. The van der Waals surface area contributed by atoms with Gasteiger partial charge in [-0.05, 0) is 29.3 Å². The van der Waals surface area contributed by atoms with Crippen LogP contribution in [0.3, 0.4) is 0 Å².